The summed E-state index contributed by atoms with van der Waals surface area (Å²) in [6, 6.07) is -3.49. The Morgan fingerprint density at radius 3 is 1.42 bits per heavy atom. The molecule has 2 amide bonds. The number of ether oxygens (including phenoxy) is 11. The molecule has 19 N–H and O–H groups in total. The number of hydrogen-bond donors (Lipinski definition) is 19. The molecule has 0 aliphatic carbocycles. The molecule has 35 nitrogen and oxygen atoms in total. The molecular weight excluding hydrogens is 1070 g/mol. The van der Waals surface area contributed by atoms with Gasteiger partial charge in [-0.3, -0.25) is 14.1 Å². The minimum absolute atomic E-state index is 0.810. The Morgan fingerprint density at radius 2 is 0.855 bits per heavy atom. The summed E-state index contributed by atoms with van der Waals surface area (Å²) in [5.74, 6) is -1.70. The van der Waals surface area contributed by atoms with Gasteiger partial charge in [0.1, 0.15) is 140 Å². The number of rotatable bonds is 19. The Bertz CT molecular complexity index is 1990. The summed E-state index contributed by atoms with van der Waals surface area (Å²) in [5.41, 5.74) is 0. The Labute approximate surface area is 430 Å². The molecule has 0 bridgehead atoms. The van der Waals surface area contributed by atoms with Gasteiger partial charge in [0.05, 0.1) is 39.1 Å². The molecule has 30 atom stereocenters. The van der Waals surface area contributed by atoms with Crippen LogP contribution in [0.2, 0.25) is 0 Å². The lowest BCUT2D eigenvalue weighted by Gasteiger charge is -2.51. The lowest BCUT2D eigenvalue weighted by molar-refractivity contribution is -0.410. The second-order valence-corrected chi connectivity index (χ2v) is 19.9. The van der Waals surface area contributed by atoms with E-state index in [1.54, 1.807) is 0 Å². The summed E-state index contributed by atoms with van der Waals surface area (Å²) in [6.45, 7) is -1.95. The molecule has 76 heavy (non-hydrogen) atoms. The standard InChI is InChI=1S/C40H68N2O33S/c1-9-19(48)26(55)29(58)37(66-9)75-34-32(73-39-33(28(57)21(50)13(5-44)69-39)74-38-30(59)27(56)20(49)12(4-43)68-38)23(52)14(6-45)70-40(34)72-31-18(42-11(3)47)35(60)67-15(24(31)53)7-64-36-17(41-10(2)46)25(54)22(51)16(71-36)8-65-76(61,62)63/h9,12-40,43-45,48-60H,4-8H2,1-3H3,(H,41,46)(H,42,47)(H,61,62,63)/t9-,12+,13+,14+,15+,16+,17+,18+,19+,20-,21-,22+,23-,24-,25+,26+,27-,28-,29-,30+,31+,32-,33+,34+,35-,36+,37-,38-,39+,40-/m0/s1. The molecule has 6 saturated heterocycles. The molecule has 0 unspecified atom stereocenters. The number of carbonyl (C=O) groups is 2. The van der Waals surface area contributed by atoms with Gasteiger partial charge in [0, 0.05) is 13.8 Å². The molecule has 0 aromatic heterocycles. The lowest BCUT2D eigenvalue weighted by atomic mass is 9.94. The first-order valence-corrected chi connectivity index (χ1v) is 25.0. The fourth-order valence-corrected chi connectivity index (χ4v) is 9.56. The van der Waals surface area contributed by atoms with Crippen LogP contribution in [0.4, 0.5) is 0 Å². The molecule has 6 aliphatic rings. The molecule has 0 radical (unpaired) electrons. The lowest BCUT2D eigenvalue weighted by Crippen LogP contribution is -2.70. The number of amides is 2. The average molecular weight is 1140 g/mol. The van der Waals surface area contributed by atoms with Gasteiger partial charge < -0.3 is 144 Å². The highest BCUT2D eigenvalue weighted by molar-refractivity contribution is 7.80. The van der Waals surface area contributed by atoms with Crippen molar-refractivity contribution in [3.63, 3.8) is 0 Å². The molecule has 0 aromatic carbocycles. The van der Waals surface area contributed by atoms with E-state index in [1.165, 1.54) is 6.92 Å². The van der Waals surface area contributed by atoms with Crippen LogP contribution in [0.25, 0.3) is 0 Å². The van der Waals surface area contributed by atoms with Crippen molar-refractivity contribution in [1.29, 1.82) is 0 Å². The van der Waals surface area contributed by atoms with Crippen molar-refractivity contribution in [2.75, 3.05) is 33.0 Å². The summed E-state index contributed by atoms with van der Waals surface area (Å²) in [7, 11) is -5.13. The Balaban J connectivity index is 1.36. The topological polar surface area (TPSA) is 547 Å². The highest BCUT2D eigenvalue weighted by atomic mass is 32.3. The second kappa shape index (κ2) is 26.5. The number of carbonyl (C=O) groups excluding carboxylic acids is 2. The predicted molar refractivity (Wildman–Crippen MR) is 231 cm³/mol. The number of nitrogens with one attached hydrogen (secondary N) is 2. The van der Waals surface area contributed by atoms with E-state index in [0.29, 0.717) is 0 Å². The molecule has 442 valence electrons. The van der Waals surface area contributed by atoms with E-state index in [0.717, 1.165) is 13.8 Å². The van der Waals surface area contributed by atoms with Crippen molar-refractivity contribution in [1.82, 2.24) is 10.6 Å². The molecule has 36 heteroatoms. The third-order valence-electron chi connectivity index (χ3n) is 13.4. The number of hydrogen-bond acceptors (Lipinski definition) is 32. The quantitative estimate of drug-likeness (QED) is 0.0534. The van der Waals surface area contributed by atoms with Crippen molar-refractivity contribution < 1.29 is 161 Å². The van der Waals surface area contributed by atoms with Crippen LogP contribution in [-0.2, 0) is 76.3 Å². The average Bonchev–Trinajstić information content (AvgIpc) is 3.36. The fraction of sp³-hybridized carbons (Fsp3) is 0.950. The monoisotopic (exact) mass is 1140 g/mol. The third kappa shape index (κ3) is 14.2. The van der Waals surface area contributed by atoms with Crippen LogP contribution >= 0.6 is 0 Å². The van der Waals surface area contributed by atoms with E-state index in [9.17, 15) is 99.7 Å². The van der Waals surface area contributed by atoms with E-state index in [1.807, 2.05) is 0 Å². The Kier molecular flexibility index (Phi) is 22.0. The normalized spacial score (nSPS) is 48.5. The first-order chi connectivity index (χ1) is 35.6. The number of aliphatic hydroxyl groups is 16. The molecular formula is C40H68N2O33S. The summed E-state index contributed by atoms with van der Waals surface area (Å²) >= 11 is 0. The zero-order valence-corrected chi connectivity index (χ0v) is 41.2. The molecule has 6 rings (SSSR count). The fourth-order valence-electron chi connectivity index (χ4n) is 9.25. The molecule has 6 heterocycles. The van der Waals surface area contributed by atoms with E-state index in [-0.39, 0.29) is 0 Å². The van der Waals surface area contributed by atoms with Gasteiger partial charge in [-0.2, -0.15) is 8.42 Å². The molecule has 0 spiro atoms. The summed E-state index contributed by atoms with van der Waals surface area (Å²) in [4.78, 5) is 24.7. The predicted octanol–water partition coefficient (Wildman–Crippen LogP) is -13.0. The van der Waals surface area contributed by atoms with Crippen LogP contribution < -0.4 is 10.6 Å². The van der Waals surface area contributed by atoms with Crippen molar-refractivity contribution in [3.05, 3.63) is 0 Å². The second-order valence-electron chi connectivity index (χ2n) is 18.8. The third-order valence-corrected chi connectivity index (χ3v) is 13.8. The number of aliphatic hydroxyl groups excluding tert-OH is 16. The van der Waals surface area contributed by atoms with Crippen molar-refractivity contribution in [3.8, 4) is 0 Å². The van der Waals surface area contributed by atoms with E-state index >= 15 is 0 Å². The van der Waals surface area contributed by atoms with Crippen LogP contribution in [0.1, 0.15) is 20.8 Å². The summed E-state index contributed by atoms with van der Waals surface area (Å²) < 4.78 is 99.8. The van der Waals surface area contributed by atoms with Gasteiger partial charge in [-0.05, 0) is 6.92 Å². The van der Waals surface area contributed by atoms with Crippen LogP contribution in [-0.4, -0.2) is 324 Å². The van der Waals surface area contributed by atoms with Gasteiger partial charge >= 0.3 is 10.4 Å². The summed E-state index contributed by atoms with van der Waals surface area (Å²) in [5, 5.41) is 178. The smallest absolute Gasteiger partial charge is 0.394 e. The van der Waals surface area contributed by atoms with Gasteiger partial charge in [0.15, 0.2) is 37.7 Å². The van der Waals surface area contributed by atoms with Crippen molar-refractivity contribution in [2.45, 2.75) is 205 Å². The van der Waals surface area contributed by atoms with Crippen LogP contribution in [0.15, 0.2) is 0 Å². The van der Waals surface area contributed by atoms with Gasteiger partial charge in [-0.15, -0.1) is 0 Å². The first-order valence-electron chi connectivity index (χ1n) is 23.6. The van der Waals surface area contributed by atoms with Crippen LogP contribution in [0, 0.1) is 0 Å². The van der Waals surface area contributed by atoms with E-state index < -0.39 is 239 Å². The van der Waals surface area contributed by atoms with E-state index in [4.69, 9.17) is 56.7 Å². The Morgan fingerprint density at radius 1 is 0.434 bits per heavy atom. The molecule has 0 aromatic rings. The van der Waals surface area contributed by atoms with Gasteiger partial charge in [0.2, 0.25) is 11.8 Å². The van der Waals surface area contributed by atoms with Crippen LogP contribution in [0.3, 0.4) is 0 Å². The minimum Gasteiger partial charge on any atom is -0.394 e. The van der Waals surface area contributed by atoms with Crippen molar-refractivity contribution >= 4 is 22.2 Å². The first kappa shape index (κ1) is 62.9. The highest BCUT2D eigenvalue weighted by Crippen LogP contribution is 2.38. The molecule has 6 fully saturated rings. The molecule has 0 saturated carbocycles. The van der Waals surface area contributed by atoms with Gasteiger partial charge in [-0.25, -0.2) is 4.18 Å². The van der Waals surface area contributed by atoms with Gasteiger partial charge in [0.25, 0.3) is 0 Å². The van der Waals surface area contributed by atoms with Crippen LogP contribution in [0.5, 0.6) is 0 Å². The zero-order valence-electron chi connectivity index (χ0n) is 40.4. The van der Waals surface area contributed by atoms with Crippen molar-refractivity contribution in [2.24, 2.45) is 0 Å². The highest BCUT2D eigenvalue weighted by Gasteiger charge is 2.58. The van der Waals surface area contributed by atoms with E-state index in [2.05, 4.69) is 14.8 Å². The largest absolute Gasteiger partial charge is 0.397 e. The maximum absolute atomic E-state index is 12.6. The Hall–Kier alpha value is -2.27. The van der Waals surface area contributed by atoms with Gasteiger partial charge in [-0.1, -0.05) is 0 Å². The summed E-state index contributed by atoms with van der Waals surface area (Å²) in [6.07, 6.45) is -55.8. The SMILES string of the molecule is CC(=O)N[C@@H]1[C@@H](O[C@@H]2O[C@H](CO)[C@H](O)[C@H](O[C@H]3O[C@H](CO)[C@H](O)[C@H](O)[C@H]3O[C@@H]3O[C@H](CO)[C@H](O)[C@H](O)[C@H]3O)[C@H]2O[C@@H]2O[C@@H](C)[C@@H](O)[C@@H](O)[C@@H]2O)[C@@H](O)[C@@H](CO[C@@H]2O[C@H](COS(=O)(=O)O)[C@@H](O)[C@H](O)[C@H]2NC(C)=O)O[C@@H]1O. The molecule has 6 aliphatic heterocycles. The zero-order chi connectivity index (χ0) is 56.4. The minimum atomic E-state index is -5.13. The maximum atomic E-state index is 12.6. The maximum Gasteiger partial charge on any atom is 0.397 e.